The fourth-order valence-corrected chi connectivity index (χ4v) is 7.93. The Bertz CT molecular complexity index is 576. The van der Waals surface area contributed by atoms with Gasteiger partial charge in [0.2, 0.25) is 0 Å². The van der Waals surface area contributed by atoms with Gasteiger partial charge in [0, 0.05) is 5.92 Å². The minimum absolute atomic E-state index is 0.0303. The maximum Gasteiger partial charge on any atom is 0.0649 e. The molecular weight excluding hydrogens is 312 g/mol. The molecule has 3 N–H and O–H groups in total. The van der Waals surface area contributed by atoms with E-state index >= 15 is 0 Å². The Labute approximate surface area is 152 Å². The standard InChI is InChI=1S/C22H36O3/c1-20(2,25)19-18(24)12-17-15-6-5-13-11-14(23)7-9-21(13,3)16(15)8-10-22(17,19)4/h5,14-19,23-25H,6-12H2,1-4H3/t14?,15-,16+,17+,18?,19-,21+,22+/m1/s1. The van der Waals surface area contributed by atoms with Crippen LogP contribution in [0.3, 0.4) is 0 Å². The zero-order valence-electron chi connectivity index (χ0n) is 16.3. The van der Waals surface area contributed by atoms with Crippen LogP contribution in [0.25, 0.3) is 0 Å². The molecule has 8 atom stereocenters. The second-order valence-electron chi connectivity index (χ2n) is 10.6. The number of rotatable bonds is 1. The van der Waals surface area contributed by atoms with Crippen LogP contribution in [0, 0.1) is 34.5 Å². The van der Waals surface area contributed by atoms with Crippen molar-refractivity contribution in [3.63, 3.8) is 0 Å². The number of allylic oxidation sites excluding steroid dienone is 1. The summed E-state index contributed by atoms with van der Waals surface area (Å²) in [5.74, 6) is 1.76. The molecule has 0 amide bonds. The molecular formula is C22H36O3. The third kappa shape index (κ3) is 2.49. The number of hydrogen-bond acceptors (Lipinski definition) is 3. The van der Waals surface area contributed by atoms with Crippen LogP contribution in [0.2, 0.25) is 0 Å². The van der Waals surface area contributed by atoms with E-state index in [4.69, 9.17) is 0 Å². The van der Waals surface area contributed by atoms with E-state index in [0.717, 1.165) is 38.5 Å². The molecule has 0 bridgehead atoms. The first-order valence-corrected chi connectivity index (χ1v) is 10.4. The molecule has 3 saturated carbocycles. The number of aliphatic hydroxyl groups is 3. The topological polar surface area (TPSA) is 60.7 Å². The fourth-order valence-electron chi connectivity index (χ4n) is 7.93. The van der Waals surface area contributed by atoms with Crippen molar-refractivity contribution in [3.8, 4) is 0 Å². The minimum Gasteiger partial charge on any atom is -0.393 e. The van der Waals surface area contributed by atoms with Crippen molar-refractivity contribution in [1.29, 1.82) is 0 Å². The molecule has 3 fully saturated rings. The molecule has 4 aliphatic carbocycles. The van der Waals surface area contributed by atoms with Crippen molar-refractivity contribution in [2.24, 2.45) is 34.5 Å². The molecule has 0 radical (unpaired) electrons. The summed E-state index contributed by atoms with van der Waals surface area (Å²) in [5.41, 5.74) is 0.939. The Balaban J connectivity index is 1.68. The molecule has 0 aromatic heterocycles. The molecule has 142 valence electrons. The van der Waals surface area contributed by atoms with Gasteiger partial charge in [0.15, 0.2) is 0 Å². The first-order chi connectivity index (χ1) is 11.6. The highest BCUT2D eigenvalue weighted by Gasteiger charge is 2.63. The minimum atomic E-state index is -0.829. The zero-order valence-corrected chi connectivity index (χ0v) is 16.3. The third-order valence-corrected chi connectivity index (χ3v) is 8.87. The smallest absolute Gasteiger partial charge is 0.0649 e. The highest BCUT2D eigenvalue weighted by molar-refractivity contribution is 5.26. The Morgan fingerprint density at radius 2 is 1.80 bits per heavy atom. The Kier molecular flexibility index (Phi) is 4.00. The molecule has 4 rings (SSSR count). The SMILES string of the molecule is CC(C)(O)[C@H]1C(O)C[C@H]2[C@@H]3CC=C4CC(O)CC[C@]4(C)[C@H]3CC[C@]12C. The lowest BCUT2D eigenvalue weighted by Crippen LogP contribution is -2.53. The lowest BCUT2D eigenvalue weighted by molar-refractivity contribution is -0.111. The Hall–Kier alpha value is -0.380. The van der Waals surface area contributed by atoms with Gasteiger partial charge in [-0.2, -0.15) is 0 Å². The van der Waals surface area contributed by atoms with E-state index in [0.29, 0.717) is 17.8 Å². The van der Waals surface area contributed by atoms with E-state index in [1.165, 1.54) is 12.0 Å². The van der Waals surface area contributed by atoms with Gasteiger partial charge >= 0.3 is 0 Å². The molecule has 0 aromatic rings. The molecule has 3 heteroatoms. The van der Waals surface area contributed by atoms with Crippen molar-refractivity contribution < 1.29 is 15.3 Å². The third-order valence-electron chi connectivity index (χ3n) is 8.87. The van der Waals surface area contributed by atoms with Gasteiger partial charge in [0.05, 0.1) is 17.8 Å². The fraction of sp³-hybridized carbons (Fsp3) is 0.909. The van der Waals surface area contributed by atoms with Gasteiger partial charge in [-0.25, -0.2) is 0 Å². The van der Waals surface area contributed by atoms with Crippen molar-refractivity contribution in [2.75, 3.05) is 0 Å². The van der Waals surface area contributed by atoms with E-state index in [1.54, 1.807) is 0 Å². The van der Waals surface area contributed by atoms with Gasteiger partial charge in [-0.15, -0.1) is 0 Å². The van der Waals surface area contributed by atoms with Gasteiger partial charge < -0.3 is 15.3 Å². The molecule has 4 aliphatic rings. The van der Waals surface area contributed by atoms with Crippen LogP contribution in [-0.4, -0.2) is 33.1 Å². The summed E-state index contributed by atoms with van der Waals surface area (Å²) >= 11 is 0. The number of aliphatic hydroxyl groups excluding tert-OH is 2. The van der Waals surface area contributed by atoms with Crippen LogP contribution in [0.1, 0.15) is 72.6 Å². The Morgan fingerprint density at radius 1 is 1.08 bits per heavy atom. The predicted octanol–water partition coefficient (Wildman–Crippen LogP) is 3.67. The van der Waals surface area contributed by atoms with Crippen LogP contribution in [0.4, 0.5) is 0 Å². The van der Waals surface area contributed by atoms with E-state index in [-0.39, 0.29) is 29.0 Å². The molecule has 0 heterocycles. The van der Waals surface area contributed by atoms with Crippen LogP contribution >= 0.6 is 0 Å². The molecule has 25 heavy (non-hydrogen) atoms. The van der Waals surface area contributed by atoms with E-state index < -0.39 is 5.60 Å². The highest BCUT2D eigenvalue weighted by Crippen LogP contribution is 2.67. The van der Waals surface area contributed by atoms with E-state index in [1.807, 2.05) is 13.8 Å². The summed E-state index contributed by atoms with van der Waals surface area (Å²) in [6.45, 7) is 8.52. The molecule has 0 spiro atoms. The van der Waals surface area contributed by atoms with E-state index in [9.17, 15) is 15.3 Å². The largest absolute Gasteiger partial charge is 0.393 e. The summed E-state index contributed by atoms with van der Waals surface area (Å²) in [6, 6.07) is 0. The maximum atomic E-state index is 10.8. The molecule has 0 aliphatic heterocycles. The number of hydrogen-bond donors (Lipinski definition) is 3. The second kappa shape index (κ2) is 5.56. The van der Waals surface area contributed by atoms with Crippen molar-refractivity contribution in [3.05, 3.63) is 11.6 Å². The van der Waals surface area contributed by atoms with Gasteiger partial charge in [0.1, 0.15) is 0 Å². The lowest BCUT2D eigenvalue weighted by atomic mass is 9.47. The van der Waals surface area contributed by atoms with Crippen molar-refractivity contribution in [2.45, 2.75) is 90.4 Å². The highest BCUT2D eigenvalue weighted by atomic mass is 16.3. The molecule has 0 saturated heterocycles. The van der Waals surface area contributed by atoms with Crippen molar-refractivity contribution >= 4 is 0 Å². The van der Waals surface area contributed by atoms with Crippen LogP contribution in [-0.2, 0) is 0 Å². The summed E-state index contributed by atoms with van der Waals surface area (Å²) in [7, 11) is 0. The normalized spacial score (nSPS) is 52.8. The van der Waals surface area contributed by atoms with Gasteiger partial charge in [-0.05, 0) is 87.4 Å². The monoisotopic (exact) mass is 348 g/mol. The summed E-state index contributed by atoms with van der Waals surface area (Å²) in [6.07, 6.45) is 9.00. The van der Waals surface area contributed by atoms with Crippen LogP contribution in [0.15, 0.2) is 11.6 Å². The van der Waals surface area contributed by atoms with E-state index in [2.05, 4.69) is 19.9 Å². The summed E-state index contributed by atoms with van der Waals surface area (Å²) < 4.78 is 0. The Morgan fingerprint density at radius 3 is 2.48 bits per heavy atom. The second-order valence-corrected chi connectivity index (χ2v) is 10.6. The summed E-state index contributed by atoms with van der Waals surface area (Å²) in [5, 5.41) is 31.7. The predicted molar refractivity (Wildman–Crippen MR) is 98.9 cm³/mol. The average Bonchev–Trinajstić information content (AvgIpc) is 2.78. The quantitative estimate of drug-likeness (QED) is 0.634. The van der Waals surface area contributed by atoms with Gasteiger partial charge in [0.25, 0.3) is 0 Å². The molecule has 2 unspecified atom stereocenters. The molecule has 0 aromatic carbocycles. The first-order valence-electron chi connectivity index (χ1n) is 10.4. The van der Waals surface area contributed by atoms with Crippen LogP contribution < -0.4 is 0 Å². The maximum absolute atomic E-state index is 10.8. The average molecular weight is 349 g/mol. The van der Waals surface area contributed by atoms with Gasteiger partial charge in [-0.1, -0.05) is 25.5 Å². The lowest BCUT2D eigenvalue weighted by Gasteiger charge is -2.58. The number of fused-ring (bicyclic) bond motifs is 5. The first kappa shape index (κ1) is 18.0. The van der Waals surface area contributed by atoms with Gasteiger partial charge in [-0.3, -0.25) is 0 Å². The van der Waals surface area contributed by atoms with Crippen molar-refractivity contribution in [1.82, 2.24) is 0 Å². The summed E-state index contributed by atoms with van der Waals surface area (Å²) in [4.78, 5) is 0. The zero-order chi connectivity index (χ0) is 18.2. The van der Waals surface area contributed by atoms with Crippen LogP contribution in [0.5, 0.6) is 0 Å². The molecule has 3 nitrogen and oxygen atoms in total.